The van der Waals surface area contributed by atoms with Crippen LogP contribution in [0.4, 0.5) is 0 Å². The average Bonchev–Trinajstić information content (AvgIpc) is 2.34. The molecule has 0 unspecified atom stereocenters. The van der Waals surface area contributed by atoms with Crippen molar-refractivity contribution < 1.29 is 24.6 Å². The van der Waals surface area contributed by atoms with Crippen LogP contribution in [0.5, 0.6) is 0 Å². The Hall–Kier alpha value is -2.09. The first kappa shape index (κ1) is 15.0. The highest BCUT2D eigenvalue weighted by Gasteiger charge is 2.13. The third-order valence-electron chi connectivity index (χ3n) is 1.98. The van der Waals surface area contributed by atoms with Gasteiger partial charge in [0.05, 0.1) is 0 Å². The summed E-state index contributed by atoms with van der Waals surface area (Å²) in [6.45, 7) is 1.80. The van der Waals surface area contributed by atoms with E-state index in [1.807, 2.05) is 0 Å². The fraction of sp³-hybridized carbons (Fsp3) is 0.273. The average molecular weight is 284 g/mol. The fourth-order valence-electron chi connectivity index (χ4n) is 1.20. The summed E-state index contributed by atoms with van der Waals surface area (Å²) in [5.74, 6) is -2.23. The van der Waals surface area contributed by atoms with Crippen LogP contribution in [0.1, 0.15) is 27.9 Å². The van der Waals surface area contributed by atoms with Gasteiger partial charge >= 0.3 is 11.9 Å². The summed E-state index contributed by atoms with van der Waals surface area (Å²) < 4.78 is 0. The summed E-state index contributed by atoms with van der Waals surface area (Å²) in [5.41, 5.74) is -0.635. The number of nitrogens with zero attached hydrogens (tertiary/aromatic N) is 1. The van der Waals surface area contributed by atoms with E-state index in [0.717, 1.165) is 0 Å². The predicted octanol–water partition coefficient (Wildman–Crippen LogP) is 0.706. The largest absolute Gasteiger partial charge is 0.477 e. The van der Waals surface area contributed by atoms with E-state index < -0.39 is 11.9 Å². The maximum atomic E-state index is 10.8. The monoisotopic (exact) mass is 284 g/mol. The number of thioether (sulfide) groups is 1. The first-order valence-corrected chi connectivity index (χ1v) is 6.24. The molecule has 0 atom stereocenters. The molecule has 0 radical (unpaired) electrons. The van der Waals surface area contributed by atoms with Gasteiger partial charge < -0.3 is 15.5 Å². The van der Waals surface area contributed by atoms with Crippen molar-refractivity contribution in [3.63, 3.8) is 0 Å². The Morgan fingerprint density at radius 2 is 1.74 bits per heavy atom. The Labute approximate surface area is 113 Å². The molecule has 0 aliphatic rings. The topological polar surface area (TPSA) is 117 Å². The minimum absolute atomic E-state index is 0.159. The van der Waals surface area contributed by atoms with Crippen molar-refractivity contribution in [1.82, 2.24) is 10.3 Å². The first-order valence-electron chi connectivity index (χ1n) is 5.26. The molecule has 0 aromatic carbocycles. The van der Waals surface area contributed by atoms with Gasteiger partial charge in [-0.2, -0.15) is 0 Å². The lowest BCUT2D eigenvalue weighted by Crippen LogP contribution is -2.22. The van der Waals surface area contributed by atoms with E-state index in [9.17, 15) is 14.4 Å². The van der Waals surface area contributed by atoms with Crippen LogP contribution in [0.2, 0.25) is 0 Å². The second-order valence-corrected chi connectivity index (χ2v) is 4.68. The number of carbonyl (C=O) groups excluding carboxylic acids is 1. The number of aromatic carboxylic acids is 2. The van der Waals surface area contributed by atoms with E-state index in [1.54, 1.807) is 0 Å². The molecular weight excluding hydrogens is 272 g/mol. The Morgan fingerprint density at radius 1 is 1.21 bits per heavy atom. The second kappa shape index (κ2) is 6.74. The molecule has 3 N–H and O–H groups in total. The van der Waals surface area contributed by atoms with Crippen LogP contribution in [-0.2, 0) is 4.79 Å². The van der Waals surface area contributed by atoms with Crippen molar-refractivity contribution in [3.8, 4) is 0 Å². The molecule has 0 saturated carbocycles. The van der Waals surface area contributed by atoms with Crippen LogP contribution in [0, 0.1) is 0 Å². The third-order valence-corrected chi connectivity index (χ3v) is 2.96. The van der Waals surface area contributed by atoms with E-state index in [-0.39, 0.29) is 17.3 Å². The number of hydrogen-bond acceptors (Lipinski definition) is 5. The van der Waals surface area contributed by atoms with Crippen LogP contribution in [0.3, 0.4) is 0 Å². The Morgan fingerprint density at radius 3 is 2.16 bits per heavy atom. The number of rotatable bonds is 6. The number of hydrogen-bond donors (Lipinski definition) is 3. The molecule has 1 heterocycles. The van der Waals surface area contributed by atoms with Crippen molar-refractivity contribution in [1.29, 1.82) is 0 Å². The number of carboxylic acid groups (broad SMARTS) is 2. The molecule has 0 aliphatic heterocycles. The maximum absolute atomic E-state index is 10.8. The Kier molecular flexibility index (Phi) is 5.31. The smallest absolute Gasteiger partial charge is 0.354 e. The van der Waals surface area contributed by atoms with Crippen LogP contribution in [0.15, 0.2) is 17.0 Å². The summed E-state index contributed by atoms with van der Waals surface area (Å²) in [4.78, 5) is 36.3. The number of pyridine rings is 1. The summed E-state index contributed by atoms with van der Waals surface area (Å²) in [7, 11) is 0. The fourth-order valence-corrected chi connectivity index (χ4v) is 2.03. The molecule has 19 heavy (non-hydrogen) atoms. The van der Waals surface area contributed by atoms with Crippen molar-refractivity contribution >= 4 is 29.6 Å². The molecule has 102 valence electrons. The zero-order valence-corrected chi connectivity index (χ0v) is 10.9. The summed E-state index contributed by atoms with van der Waals surface area (Å²) >= 11 is 1.24. The van der Waals surface area contributed by atoms with Crippen LogP contribution in [0.25, 0.3) is 0 Å². The molecule has 8 heteroatoms. The van der Waals surface area contributed by atoms with Crippen LogP contribution in [-0.4, -0.2) is 45.3 Å². The zero-order valence-electron chi connectivity index (χ0n) is 10.0. The lowest BCUT2D eigenvalue weighted by molar-refractivity contribution is -0.118. The van der Waals surface area contributed by atoms with Gasteiger partial charge in [-0.15, -0.1) is 11.8 Å². The number of aromatic nitrogens is 1. The summed E-state index contributed by atoms with van der Waals surface area (Å²) in [6.07, 6.45) is 0. The van der Waals surface area contributed by atoms with Gasteiger partial charge in [0.2, 0.25) is 5.91 Å². The molecule has 1 aromatic rings. The second-order valence-electron chi connectivity index (χ2n) is 3.52. The van der Waals surface area contributed by atoms with E-state index in [4.69, 9.17) is 10.2 Å². The summed E-state index contributed by atoms with van der Waals surface area (Å²) in [5, 5.41) is 20.3. The predicted molar refractivity (Wildman–Crippen MR) is 67.6 cm³/mol. The molecule has 0 bridgehead atoms. The van der Waals surface area contributed by atoms with Crippen molar-refractivity contribution in [3.05, 3.63) is 23.5 Å². The van der Waals surface area contributed by atoms with Gasteiger partial charge in [-0.1, -0.05) is 0 Å². The Balaban J connectivity index is 2.79. The van der Waals surface area contributed by atoms with E-state index in [0.29, 0.717) is 17.2 Å². The highest BCUT2D eigenvalue weighted by Crippen LogP contribution is 2.19. The number of nitrogens with one attached hydrogen (secondary N) is 1. The van der Waals surface area contributed by atoms with Crippen LogP contribution >= 0.6 is 11.8 Å². The number of carboxylic acids is 2. The first-order chi connectivity index (χ1) is 8.90. The minimum Gasteiger partial charge on any atom is -0.477 e. The molecule has 0 saturated heterocycles. The third kappa shape index (κ3) is 4.96. The minimum atomic E-state index is -1.29. The van der Waals surface area contributed by atoms with E-state index in [1.165, 1.54) is 30.8 Å². The maximum Gasteiger partial charge on any atom is 0.354 e. The quantitative estimate of drug-likeness (QED) is 0.520. The van der Waals surface area contributed by atoms with Gasteiger partial charge in [0.1, 0.15) is 11.4 Å². The lowest BCUT2D eigenvalue weighted by atomic mass is 10.3. The molecule has 0 spiro atoms. The zero-order chi connectivity index (χ0) is 14.4. The van der Waals surface area contributed by atoms with Gasteiger partial charge in [0, 0.05) is 24.1 Å². The number of carbonyl (C=O) groups is 3. The molecule has 7 nitrogen and oxygen atoms in total. The normalized spacial score (nSPS) is 9.95. The van der Waals surface area contributed by atoms with Gasteiger partial charge in [0.25, 0.3) is 0 Å². The standard InChI is InChI=1S/C11H12N2O5S/c1-6(14)12-2-3-19-7-4-8(10(15)16)13-9(5-7)11(17)18/h4-5H,2-3H2,1H3,(H,12,14)(H,15,16)(H,17,18). The molecule has 1 amide bonds. The van der Waals surface area contributed by atoms with E-state index >= 15 is 0 Å². The van der Waals surface area contributed by atoms with Crippen molar-refractivity contribution in [2.24, 2.45) is 0 Å². The molecule has 1 rings (SSSR count). The molecule has 0 fully saturated rings. The summed E-state index contributed by atoms with van der Waals surface area (Å²) in [6, 6.07) is 2.60. The highest BCUT2D eigenvalue weighted by molar-refractivity contribution is 7.99. The molecule has 1 aromatic heterocycles. The van der Waals surface area contributed by atoms with Crippen molar-refractivity contribution in [2.75, 3.05) is 12.3 Å². The van der Waals surface area contributed by atoms with Gasteiger partial charge in [-0.3, -0.25) is 4.79 Å². The number of amides is 1. The van der Waals surface area contributed by atoms with Crippen LogP contribution < -0.4 is 5.32 Å². The molecular formula is C11H12N2O5S. The lowest BCUT2D eigenvalue weighted by Gasteiger charge is -2.05. The van der Waals surface area contributed by atoms with E-state index in [2.05, 4.69) is 10.3 Å². The van der Waals surface area contributed by atoms with Crippen molar-refractivity contribution in [2.45, 2.75) is 11.8 Å². The van der Waals surface area contributed by atoms with Gasteiger partial charge in [0.15, 0.2) is 0 Å². The Bertz CT molecular complexity index is 486. The van der Waals surface area contributed by atoms with Gasteiger partial charge in [-0.05, 0) is 12.1 Å². The molecule has 0 aliphatic carbocycles. The van der Waals surface area contributed by atoms with Gasteiger partial charge in [-0.25, -0.2) is 14.6 Å². The SMILES string of the molecule is CC(=O)NCCSc1cc(C(=O)O)nc(C(=O)O)c1. The highest BCUT2D eigenvalue weighted by atomic mass is 32.2.